The number of carbonyl (C=O) groups excluding carboxylic acids is 1. The average molecular weight is 698 g/mol. The van der Waals surface area contributed by atoms with Gasteiger partial charge in [0, 0.05) is 60.3 Å². The Balaban J connectivity index is 1.25. The van der Waals surface area contributed by atoms with E-state index < -0.39 is 10.8 Å². The van der Waals surface area contributed by atoms with E-state index in [0.29, 0.717) is 43.5 Å². The number of pyridine rings is 1. The zero-order valence-corrected chi connectivity index (χ0v) is 30.7. The molecule has 0 bridgehead atoms. The molecule has 0 aliphatic carbocycles. The van der Waals surface area contributed by atoms with Crippen molar-refractivity contribution in [1.29, 1.82) is 0 Å². The highest BCUT2D eigenvalue weighted by Gasteiger charge is 2.23. The number of carbonyl (C=O) groups is 1. The van der Waals surface area contributed by atoms with Crippen molar-refractivity contribution >= 4 is 34.3 Å². The van der Waals surface area contributed by atoms with Crippen molar-refractivity contribution in [1.82, 2.24) is 14.5 Å². The van der Waals surface area contributed by atoms with Crippen LogP contribution in [0, 0.1) is 11.8 Å². The number of unbranched alkanes of at least 4 members (excludes halogenated alkanes) is 1. The number of ether oxygens (including phenoxy) is 2. The van der Waals surface area contributed by atoms with Gasteiger partial charge in [0.1, 0.15) is 18.2 Å². The summed E-state index contributed by atoms with van der Waals surface area (Å²) >= 11 is 0. The lowest BCUT2D eigenvalue weighted by Crippen LogP contribution is -2.34. The maximum Gasteiger partial charge on any atom is 0.231 e. The minimum atomic E-state index is -1.21. The molecular weight excluding hydrogens is 647 g/mol. The van der Waals surface area contributed by atoms with E-state index >= 15 is 0 Å². The summed E-state index contributed by atoms with van der Waals surface area (Å²) in [6, 6.07) is 17.5. The number of aromatic nitrogens is 3. The number of nitrogens with zero attached hydrogens (tertiary/aromatic N) is 4. The van der Waals surface area contributed by atoms with E-state index in [4.69, 9.17) is 14.5 Å². The SMILES string of the molecule is CCCCOCCOc1ccc(-c2cnc3c(c2)/C=C\C(C(=O)Nc2ccc(S(=O)Cc4cncn4CCC)cc2)CCN3CC(C)C)cc1. The van der Waals surface area contributed by atoms with Crippen molar-refractivity contribution in [2.24, 2.45) is 11.8 Å². The number of anilines is 2. The molecule has 0 saturated carbocycles. The molecule has 4 aromatic rings. The maximum atomic E-state index is 13.6. The zero-order valence-electron chi connectivity index (χ0n) is 29.8. The Morgan fingerprint density at radius 2 is 1.80 bits per heavy atom. The van der Waals surface area contributed by atoms with Gasteiger partial charge in [-0.05, 0) is 73.2 Å². The second kappa shape index (κ2) is 18.6. The zero-order chi connectivity index (χ0) is 35.3. The predicted octanol–water partition coefficient (Wildman–Crippen LogP) is 7.99. The van der Waals surface area contributed by atoms with Crippen molar-refractivity contribution in [3.63, 3.8) is 0 Å². The Labute approximate surface area is 299 Å². The van der Waals surface area contributed by atoms with Crippen LogP contribution in [0.1, 0.15) is 64.6 Å². The maximum absolute atomic E-state index is 13.6. The Bertz CT molecular complexity index is 1720. The Morgan fingerprint density at radius 1 is 1.00 bits per heavy atom. The molecule has 0 fully saturated rings. The molecule has 0 spiro atoms. The highest BCUT2D eigenvalue weighted by Crippen LogP contribution is 2.31. The van der Waals surface area contributed by atoms with Gasteiger partial charge in [0.2, 0.25) is 5.91 Å². The first-order valence-corrected chi connectivity index (χ1v) is 19.2. The quantitative estimate of drug-likeness (QED) is 0.112. The van der Waals surface area contributed by atoms with E-state index in [9.17, 15) is 9.00 Å². The molecular formula is C40H51N5O4S. The highest BCUT2D eigenvalue weighted by atomic mass is 32.2. The molecule has 9 nitrogen and oxygen atoms in total. The summed E-state index contributed by atoms with van der Waals surface area (Å²) in [6.07, 6.45) is 13.4. The molecule has 1 aliphatic heterocycles. The van der Waals surface area contributed by atoms with Gasteiger partial charge in [-0.15, -0.1) is 0 Å². The van der Waals surface area contributed by atoms with Crippen molar-refractivity contribution in [3.05, 3.63) is 90.7 Å². The first kappa shape index (κ1) is 37.0. The van der Waals surface area contributed by atoms with Gasteiger partial charge < -0.3 is 24.3 Å². The molecule has 1 aliphatic rings. The topological polar surface area (TPSA) is 98.6 Å². The van der Waals surface area contributed by atoms with E-state index in [1.807, 2.05) is 71.4 Å². The molecule has 10 heteroatoms. The molecule has 1 N–H and O–H groups in total. The van der Waals surface area contributed by atoms with E-state index in [2.05, 4.69) is 49.0 Å². The lowest BCUT2D eigenvalue weighted by atomic mass is 9.97. The Hall–Kier alpha value is -4.28. The molecule has 2 atom stereocenters. The van der Waals surface area contributed by atoms with Gasteiger partial charge in [0.15, 0.2) is 0 Å². The number of nitrogens with one attached hydrogen (secondary N) is 1. The lowest BCUT2D eigenvalue weighted by molar-refractivity contribution is -0.118. The fourth-order valence-corrected chi connectivity index (χ4v) is 7.05. The molecule has 50 heavy (non-hydrogen) atoms. The van der Waals surface area contributed by atoms with Crippen LogP contribution in [0.25, 0.3) is 17.2 Å². The van der Waals surface area contributed by atoms with E-state index in [0.717, 1.165) is 77.8 Å². The summed E-state index contributed by atoms with van der Waals surface area (Å²) in [7, 11) is -1.21. The third-order valence-electron chi connectivity index (χ3n) is 8.59. The number of amides is 1. The van der Waals surface area contributed by atoms with Crippen molar-refractivity contribution in [2.45, 2.75) is 70.6 Å². The highest BCUT2D eigenvalue weighted by molar-refractivity contribution is 7.84. The van der Waals surface area contributed by atoms with Crippen LogP contribution >= 0.6 is 0 Å². The van der Waals surface area contributed by atoms with E-state index in [1.165, 1.54) is 0 Å². The summed E-state index contributed by atoms with van der Waals surface area (Å²) in [5.74, 6) is 2.18. The standard InChI is InChI=1S/C40H51N5O4S/c1-5-7-21-48-22-23-49-37-14-10-31(11-15-37)34-24-33-9-8-32(18-20-44(27-30(3)4)39(33)42-25-34)40(46)43-35-12-16-38(17-13-35)50(47)28-36-26-41-29-45(36)19-6-2/h8-17,24-26,29-30,32H,5-7,18-23,27-28H2,1-4H3,(H,43,46)/b9-8-. The smallest absolute Gasteiger partial charge is 0.231 e. The monoisotopic (exact) mass is 697 g/mol. The lowest BCUT2D eigenvalue weighted by Gasteiger charge is -2.30. The number of benzene rings is 2. The number of aryl methyl sites for hydroxylation is 1. The number of hydrogen-bond acceptors (Lipinski definition) is 7. The van der Waals surface area contributed by atoms with Crippen LogP contribution in [0.15, 0.2) is 84.3 Å². The first-order chi connectivity index (χ1) is 24.3. The van der Waals surface area contributed by atoms with Gasteiger partial charge in [-0.3, -0.25) is 9.00 Å². The number of imidazole rings is 1. The van der Waals surface area contributed by atoms with Crippen LogP contribution in [0.3, 0.4) is 0 Å². The third-order valence-corrected chi connectivity index (χ3v) is 9.94. The molecule has 0 radical (unpaired) electrons. The predicted molar refractivity (Wildman–Crippen MR) is 203 cm³/mol. The van der Waals surface area contributed by atoms with Crippen LogP contribution in [-0.2, 0) is 32.6 Å². The van der Waals surface area contributed by atoms with Crippen LogP contribution in [0.5, 0.6) is 5.75 Å². The van der Waals surface area contributed by atoms with Crippen LogP contribution in [0.4, 0.5) is 11.5 Å². The average Bonchev–Trinajstić information content (AvgIpc) is 3.54. The van der Waals surface area contributed by atoms with Crippen molar-refractivity contribution < 1.29 is 18.5 Å². The molecule has 2 aromatic carbocycles. The third kappa shape index (κ3) is 10.4. The summed E-state index contributed by atoms with van der Waals surface area (Å²) < 4.78 is 26.6. The molecule has 2 aromatic heterocycles. The molecule has 266 valence electrons. The Kier molecular flexibility index (Phi) is 13.8. The second-order valence-corrected chi connectivity index (χ2v) is 14.6. The number of fused-ring (bicyclic) bond motifs is 1. The Morgan fingerprint density at radius 3 is 2.54 bits per heavy atom. The number of hydrogen-bond donors (Lipinski definition) is 1. The molecule has 5 rings (SSSR count). The minimum absolute atomic E-state index is 0.0676. The number of rotatable bonds is 17. The normalized spacial score (nSPS) is 15.6. The summed E-state index contributed by atoms with van der Waals surface area (Å²) in [5, 5.41) is 3.09. The van der Waals surface area contributed by atoms with Gasteiger partial charge in [-0.1, -0.05) is 58.4 Å². The van der Waals surface area contributed by atoms with Crippen molar-refractivity contribution in [2.75, 3.05) is 43.1 Å². The first-order valence-electron chi connectivity index (χ1n) is 17.9. The van der Waals surface area contributed by atoms with Gasteiger partial charge in [-0.2, -0.15) is 0 Å². The summed E-state index contributed by atoms with van der Waals surface area (Å²) in [4.78, 5) is 25.7. The molecule has 1 amide bonds. The molecule has 2 unspecified atom stereocenters. The molecule has 0 saturated heterocycles. The van der Waals surface area contributed by atoms with Gasteiger partial charge >= 0.3 is 0 Å². The van der Waals surface area contributed by atoms with Crippen LogP contribution in [0.2, 0.25) is 0 Å². The summed E-state index contributed by atoms with van der Waals surface area (Å²) in [6.45, 7) is 12.9. The largest absolute Gasteiger partial charge is 0.491 e. The fourth-order valence-electron chi connectivity index (χ4n) is 5.94. The summed E-state index contributed by atoms with van der Waals surface area (Å²) in [5.41, 5.74) is 4.67. The minimum Gasteiger partial charge on any atom is -0.491 e. The van der Waals surface area contributed by atoms with Gasteiger partial charge in [0.05, 0.1) is 41.1 Å². The van der Waals surface area contributed by atoms with Crippen molar-refractivity contribution in [3.8, 4) is 16.9 Å². The van der Waals surface area contributed by atoms with Crippen LogP contribution < -0.4 is 15.0 Å². The van der Waals surface area contributed by atoms with E-state index in [-0.39, 0.29) is 11.8 Å². The van der Waals surface area contributed by atoms with Gasteiger partial charge in [0.25, 0.3) is 0 Å². The fraction of sp³-hybridized carbons (Fsp3) is 0.425. The second-order valence-electron chi connectivity index (χ2n) is 13.2. The van der Waals surface area contributed by atoms with E-state index in [1.54, 1.807) is 12.5 Å². The van der Waals surface area contributed by atoms with Crippen LogP contribution in [-0.4, -0.2) is 57.6 Å². The molecule has 3 heterocycles. The van der Waals surface area contributed by atoms with Gasteiger partial charge in [-0.25, -0.2) is 9.97 Å².